The Balaban J connectivity index is 1.57. The lowest BCUT2D eigenvalue weighted by Gasteiger charge is -2.39. The van der Waals surface area contributed by atoms with Crippen molar-refractivity contribution in [3.05, 3.63) is 65.2 Å². The number of nitrogens with one attached hydrogen (secondary N) is 1. The minimum absolute atomic E-state index is 0.0142. The number of hydrogen-bond acceptors (Lipinski definition) is 3. The lowest BCUT2D eigenvalue weighted by molar-refractivity contribution is -0.0302. The van der Waals surface area contributed by atoms with Gasteiger partial charge in [-0.3, -0.25) is 4.90 Å². The summed E-state index contributed by atoms with van der Waals surface area (Å²) in [6.45, 7) is 8.85. The van der Waals surface area contributed by atoms with Crippen molar-refractivity contribution in [2.45, 2.75) is 51.2 Å². The Morgan fingerprint density at radius 2 is 1.86 bits per heavy atom. The SMILES string of the molecule is CC(C)(C)c1[nH]c2ncccc2c1CN1CCC(O)(c2ccccc2F)CC1. The van der Waals surface area contributed by atoms with Crippen LogP contribution < -0.4 is 0 Å². The zero-order valence-electron chi connectivity index (χ0n) is 16.8. The highest BCUT2D eigenvalue weighted by Crippen LogP contribution is 2.36. The Morgan fingerprint density at radius 1 is 1.14 bits per heavy atom. The first-order valence-corrected chi connectivity index (χ1v) is 9.94. The number of hydrogen-bond donors (Lipinski definition) is 2. The fraction of sp³-hybridized carbons (Fsp3) is 0.435. The maximum atomic E-state index is 14.2. The Hall–Kier alpha value is -2.24. The molecular weight excluding hydrogens is 353 g/mol. The summed E-state index contributed by atoms with van der Waals surface area (Å²) in [4.78, 5) is 10.3. The number of aliphatic hydroxyl groups is 1. The normalized spacial score (nSPS) is 17.9. The van der Waals surface area contributed by atoms with Gasteiger partial charge in [0.1, 0.15) is 11.5 Å². The number of benzene rings is 1. The summed E-state index contributed by atoms with van der Waals surface area (Å²) in [6.07, 6.45) is 2.86. The van der Waals surface area contributed by atoms with Crippen molar-refractivity contribution in [1.29, 1.82) is 0 Å². The Bertz CT molecular complexity index is 981. The molecule has 3 heterocycles. The maximum Gasteiger partial charge on any atom is 0.137 e. The van der Waals surface area contributed by atoms with Crippen molar-refractivity contribution in [1.82, 2.24) is 14.9 Å². The largest absolute Gasteiger partial charge is 0.385 e. The molecule has 0 spiro atoms. The first-order valence-electron chi connectivity index (χ1n) is 9.94. The van der Waals surface area contributed by atoms with E-state index in [1.807, 2.05) is 12.3 Å². The summed E-state index contributed by atoms with van der Waals surface area (Å²) in [7, 11) is 0. The van der Waals surface area contributed by atoms with Gasteiger partial charge in [0.15, 0.2) is 0 Å². The van der Waals surface area contributed by atoms with Gasteiger partial charge in [-0.25, -0.2) is 9.37 Å². The molecule has 2 aromatic heterocycles. The average molecular weight is 381 g/mol. The summed E-state index contributed by atoms with van der Waals surface area (Å²) < 4.78 is 14.2. The van der Waals surface area contributed by atoms with Crippen LogP contribution in [0.2, 0.25) is 0 Å². The molecule has 2 N–H and O–H groups in total. The number of pyridine rings is 1. The third-order valence-electron chi connectivity index (χ3n) is 5.87. The summed E-state index contributed by atoms with van der Waals surface area (Å²) in [5, 5.41) is 12.2. The summed E-state index contributed by atoms with van der Waals surface area (Å²) >= 11 is 0. The van der Waals surface area contributed by atoms with E-state index in [2.05, 4.69) is 41.7 Å². The van der Waals surface area contributed by atoms with Crippen LogP contribution >= 0.6 is 0 Å². The van der Waals surface area contributed by atoms with Gasteiger partial charge in [-0.1, -0.05) is 39.0 Å². The van der Waals surface area contributed by atoms with Crippen molar-refractivity contribution in [3.63, 3.8) is 0 Å². The smallest absolute Gasteiger partial charge is 0.137 e. The first kappa shape index (κ1) is 19.1. The van der Waals surface area contributed by atoms with E-state index >= 15 is 0 Å². The number of aromatic nitrogens is 2. The number of rotatable bonds is 3. The van der Waals surface area contributed by atoms with Crippen LogP contribution in [0.5, 0.6) is 0 Å². The van der Waals surface area contributed by atoms with Crippen LogP contribution in [0, 0.1) is 5.82 Å². The molecule has 4 rings (SSSR count). The molecule has 4 nitrogen and oxygen atoms in total. The molecule has 5 heteroatoms. The van der Waals surface area contributed by atoms with Crippen LogP contribution in [0.25, 0.3) is 11.0 Å². The molecule has 0 bridgehead atoms. The Labute approximate surface area is 165 Å². The third kappa shape index (κ3) is 3.45. The van der Waals surface area contributed by atoms with Gasteiger partial charge in [-0.2, -0.15) is 0 Å². The average Bonchev–Trinajstić information content (AvgIpc) is 3.03. The van der Waals surface area contributed by atoms with Crippen LogP contribution in [-0.2, 0) is 17.6 Å². The summed E-state index contributed by atoms with van der Waals surface area (Å²) in [5.41, 5.74) is 2.71. The van der Waals surface area contributed by atoms with Crippen LogP contribution in [0.1, 0.15) is 50.4 Å². The Kier molecular flexibility index (Phi) is 4.76. The zero-order valence-corrected chi connectivity index (χ0v) is 16.8. The van der Waals surface area contributed by atoms with Gasteiger partial charge in [0.05, 0.1) is 5.60 Å². The van der Waals surface area contributed by atoms with Gasteiger partial charge in [-0.15, -0.1) is 0 Å². The number of likely N-dealkylation sites (tertiary alicyclic amines) is 1. The highest BCUT2D eigenvalue weighted by Gasteiger charge is 2.36. The molecule has 0 unspecified atom stereocenters. The second-order valence-corrected chi connectivity index (χ2v) is 8.92. The molecule has 1 fully saturated rings. The molecule has 0 saturated carbocycles. The molecule has 28 heavy (non-hydrogen) atoms. The van der Waals surface area contributed by atoms with Crippen molar-refractivity contribution in [2.75, 3.05) is 13.1 Å². The molecule has 148 valence electrons. The van der Waals surface area contributed by atoms with E-state index in [1.54, 1.807) is 18.2 Å². The topological polar surface area (TPSA) is 52.2 Å². The van der Waals surface area contributed by atoms with Crippen LogP contribution in [0.15, 0.2) is 42.6 Å². The van der Waals surface area contributed by atoms with E-state index < -0.39 is 5.60 Å². The second kappa shape index (κ2) is 6.98. The monoisotopic (exact) mass is 381 g/mol. The fourth-order valence-corrected chi connectivity index (χ4v) is 4.29. The standard InChI is InChI=1S/C23H28FN3O/c1-22(2,3)20-17(16-7-6-12-25-21(16)26-20)15-27-13-10-23(28,11-14-27)18-8-4-5-9-19(18)24/h4-9,12,28H,10-11,13-15H2,1-3H3,(H,25,26). The van der Waals surface area contributed by atoms with Crippen molar-refractivity contribution in [2.24, 2.45) is 0 Å². The first-order chi connectivity index (χ1) is 13.3. The molecule has 1 saturated heterocycles. The number of piperidine rings is 1. The number of aromatic amines is 1. The van der Waals surface area contributed by atoms with Gasteiger partial charge >= 0.3 is 0 Å². The minimum Gasteiger partial charge on any atom is -0.385 e. The van der Waals surface area contributed by atoms with Crippen molar-refractivity contribution < 1.29 is 9.50 Å². The quantitative estimate of drug-likeness (QED) is 0.703. The molecule has 0 radical (unpaired) electrons. The predicted octanol–water partition coefficient (Wildman–Crippen LogP) is 4.48. The Morgan fingerprint density at radius 3 is 2.54 bits per heavy atom. The van der Waals surface area contributed by atoms with Gasteiger partial charge in [-0.05, 0) is 36.6 Å². The maximum absolute atomic E-state index is 14.2. The van der Waals surface area contributed by atoms with E-state index in [1.165, 1.54) is 17.3 Å². The molecule has 1 aliphatic rings. The van der Waals surface area contributed by atoms with Crippen LogP contribution in [0.3, 0.4) is 0 Å². The lowest BCUT2D eigenvalue weighted by Crippen LogP contribution is -2.42. The highest BCUT2D eigenvalue weighted by molar-refractivity contribution is 5.81. The van der Waals surface area contributed by atoms with Crippen LogP contribution in [-0.4, -0.2) is 33.1 Å². The molecular formula is C23H28FN3O. The molecule has 1 aliphatic heterocycles. The van der Waals surface area contributed by atoms with Gasteiger partial charge < -0.3 is 10.1 Å². The fourth-order valence-electron chi connectivity index (χ4n) is 4.29. The summed E-state index contributed by atoms with van der Waals surface area (Å²) in [5.74, 6) is -0.323. The van der Waals surface area contributed by atoms with E-state index in [-0.39, 0.29) is 11.2 Å². The van der Waals surface area contributed by atoms with Crippen molar-refractivity contribution >= 4 is 11.0 Å². The molecule has 1 aromatic carbocycles. The number of H-pyrrole nitrogens is 1. The number of halogens is 1. The number of fused-ring (bicyclic) bond motifs is 1. The van der Waals surface area contributed by atoms with E-state index in [0.717, 1.165) is 30.7 Å². The van der Waals surface area contributed by atoms with Crippen molar-refractivity contribution in [3.8, 4) is 0 Å². The van der Waals surface area contributed by atoms with Gasteiger partial charge in [0.25, 0.3) is 0 Å². The number of nitrogens with zero attached hydrogens (tertiary/aromatic N) is 2. The van der Waals surface area contributed by atoms with Crippen LogP contribution in [0.4, 0.5) is 4.39 Å². The molecule has 0 aliphatic carbocycles. The second-order valence-electron chi connectivity index (χ2n) is 8.92. The van der Waals surface area contributed by atoms with Gasteiger partial charge in [0.2, 0.25) is 0 Å². The minimum atomic E-state index is -1.09. The third-order valence-corrected chi connectivity index (χ3v) is 5.87. The molecule has 0 amide bonds. The van der Waals surface area contributed by atoms with E-state index in [0.29, 0.717) is 18.4 Å². The molecule has 3 aromatic rings. The summed E-state index contributed by atoms with van der Waals surface area (Å²) in [6, 6.07) is 10.7. The van der Waals surface area contributed by atoms with Gasteiger partial charge in [0, 0.05) is 47.9 Å². The predicted molar refractivity (Wildman–Crippen MR) is 110 cm³/mol. The zero-order chi connectivity index (χ0) is 19.9. The van der Waals surface area contributed by atoms with E-state index in [9.17, 15) is 9.50 Å². The highest BCUT2D eigenvalue weighted by atomic mass is 19.1. The lowest BCUT2D eigenvalue weighted by atomic mass is 9.83. The van der Waals surface area contributed by atoms with E-state index in [4.69, 9.17) is 0 Å². The molecule has 0 atom stereocenters.